The fraction of sp³-hybridized carbons (Fsp3) is 0.100. The summed E-state index contributed by atoms with van der Waals surface area (Å²) in [5, 5.41) is 10.4. The molecule has 4 aromatic rings. The number of hydrogen-bond acceptors (Lipinski definition) is 4. The first-order chi connectivity index (χ1) is 12.7. The van der Waals surface area contributed by atoms with E-state index in [1.807, 2.05) is 41.0 Å². The van der Waals surface area contributed by atoms with Crippen LogP contribution in [0.5, 0.6) is 0 Å². The Morgan fingerprint density at radius 2 is 1.85 bits per heavy atom. The summed E-state index contributed by atoms with van der Waals surface area (Å²) in [6.45, 7) is 2.70. The van der Waals surface area contributed by atoms with Crippen molar-refractivity contribution in [1.82, 2.24) is 19.7 Å². The second-order valence-electron chi connectivity index (χ2n) is 6.02. The third kappa shape index (κ3) is 3.04. The first kappa shape index (κ1) is 16.0. The van der Waals surface area contributed by atoms with E-state index in [2.05, 4.69) is 39.6 Å². The van der Waals surface area contributed by atoms with Crippen molar-refractivity contribution >= 4 is 22.9 Å². The van der Waals surface area contributed by atoms with Crippen LogP contribution in [0, 0.1) is 6.92 Å². The number of amides is 1. The number of aryl methyl sites for hydroxylation is 1. The monoisotopic (exact) mass is 343 g/mol. The van der Waals surface area contributed by atoms with Gasteiger partial charge in [0.15, 0.2) is 0 Å². The van der Waals surface area contributed by atoms with Gasteiger partial charge in [-0.15, -0.1) is 0 Å². The molecule has 2 aromatic carbocycles. The molecule has 6 heteroatoms. The van der Waals surface area contributed by atoms with Gasteiger partial charge in [-0.25, -0.2) is 4.98 Å². The maximum absolute atomic E-state index is 12.5. The maximum atomic E-state index is 12.5. The first-order valence-electron chi connectivity index (χ1n) is 8.30. The number of fused-ring (bicyclic) bond motifs is 1. The fourth-order valence-electron chi connectivity index (χ4n) is 2.89. The summed E-state index contributed by atoms with van der Waals surface area (Å²) in [4.78, 5) is 17.1. The van der Waals surface area contributed by atoms with Gasteiger partial charge in [0, 0.05) is 0 Å². The molecular formula is C20H17N5O. The van der Waals surface area contributed by atoms with E-state index in [0.717, 1.165) is 11.0 Å². The zero-order chi connectivity index (χ0) is 17.9. The van der Waals surface area contributed by atoms with E-state index in [-0.39, 0.29) is 5.91 Å². The number of hydrogen-bond donors (Lipinski definition) is 1. The number of nitrogens with zero attached hydrogens (tertiary/aromatic N) is 4. The van der Waals surface area contributed by atoms with E-state index in [4.69, 9.17) is 0 Å². The highest BCUT2D eigenvalue weighted by molar-refractivity contribution is 6.03. The number of rotatable bonds is 4. The van der Waals surface area contributed by atoms with E-state index in [1.165, 1.54) is 23.5 Å². The van der Waals surface area contributed by atoms with Crippen LogP contribution in [0.1, 0.15) is 21.5 Å². The van der Waals surface area contributed by atoms with Gasteiger partial charge in [-0.2, -0.15) is 10.2 Å². The lowest BCUT2D eigenvalue weighted by molar-refractivity contribution is 0.102. The number of carbonyl (C=O) groups is 1. The summed E-state index contributed by atoms with van der Waals surface area (Å²) >= 11 is 0. The number of nitrogens with one attached hydrogen (secondary N) is 1. The molecule has 0 saturated heterocycles. The lowest BCUT2D eigenvalue weighted by Crippen LogP contribution is -2.17. The molecule has 0 aliphatic rings. The van der Waals surface area contributed by atoms with Gasteiger partial charge in [-0.1, -0.05) is 36.4 Å². The highest BCUT2D eigenvalue weighted by Gasteiger charge is 2.15. The van der Waals surface area contributed by atoms with Crippen LogP contribution in [-0.4, -0.2) is 25.7 Å². The van der Waals surface area contributed by atoms with Crippen molar-refractivity contribution < 1.29 is 4.79 Å². The summed E-state index contributed by atoms with van der Waals surface area (Å²) in [7, 11) is 0. The molecule has 0 spiro atoms. The van der Waals surface area contributed by atoms with Crippen LogP contribution in [0.15, 0.2) is 67.0 Å². The first-order valence-corrected chi connectivity index (χ1v) is 8.30. The maximum Gasteiger partial charge on any atom is 0.259 e. The van der Waals surface area contributed by atoms with Crippen LogP contribution in [-0.2, 0) is 6.54 Å². The third-order valence-electron chi connectivity index (χ3n) is 4.32. The van der Waals surface area contributed by atoms with Gasteiger partial charge in [-0.3, -0.25) is 10.1 Å². The minimum atomic E-state index is -0.263. The predicted molar refractivity (Wildman–Crippen MR) is 100.0 cm³/mol. The van der Waals surface area contributed by atoms with Crippen LogP contribution in [0.3, 0.4) is 0 Å². The van der Waals surface area contributed by atoms with Gasteiger partial charge < -0.3 is 4.57 Å². The Kier molecular flexibility index (Phi) is 4.15. The Bertz CT molecular complexity index is 1070. The number of benzene rings is 2. The molecule has 0 saturated carbocycles. The number of imidazole rings is 1. The Labute approximate surface area is 150 Å². The molecule has 0 aliphatic carbocycles. The Hall–Kier alpha value is -3.54. The van der Waals surface area contributed by atoms with Gasteiger partial charge in [0.25, 0.3) is 5.91 Å². The van der Waals surface area contributed by atoms with Crippen LogP contribution >= 0.6 is 0 Å². The smallest absolute Gasteiger partial charge is 0.259 e. The third-order valence-corrected chi connectivity index (χ3v) is 4.32. The van der Waals surface area contributed by atoms with E-state index < -0.39 is 0 Å². The summed E-state index contributed by atoms with van der Waals surface area (Å²) in [6.07, 6.45) is 2.93. The van der Waals surface area contributed by atoms with E-state index >= 15 is 0 Å². The summed E-state index contributed by atoms with van der Waals surface area (Å²) in [5.74, 6) is 0.248. The van der Waals surface area contributed by atoms with Crippen molar-refractivity contribution in [1.29, 1.82) is 0 Å². The Morgan fingerprint density at radius 1 is 1.04 bits per heavy atom. The van der Waals surface area contributed by atoms with Crippen LogP contribution in [0.2, 0.25) is 0 Å². The van der Waals surface area contributed by atoms with E-state index in [9.17, 15) is 4.79 Å². The summed E-state index contributed by atoms with van der Waals surface area (Å²) < 4.78 is 2.02. The number of aromatic nitrogens is 4. The second kappa shape index (κ2) is 6.76. The fourth-order valence-corrected chi connectivity index (χ4v) is 2.89. The topological polar surface area (TPSA) is 72.7 Å². The molecule has 26 heavy (non-hydrogen) atoms. The Balaban J connectivity index is 1.74. The molecule has 0 aliphatic heterocycles. The van der Waals surface area contributed by atoms with Crippen LogP contribution in [0.4, 0.5) is 5.95 Å². The molecule has 2 heterocycles. The molecule has 6 nitrogen and oxygen atoms in total. The molecule has 0 atom stereocenters. The summed E-state index contributed by atoms with van der Waals surface area (Å²) in [6, 6.07) is 17.7. The van der Waals surface area contributed by atoms with Crippen LogP contribution < -0.4 is 5.32 Å². The number of para-hydroxylation sites is 2. The van der Waals surface area contributed by atoms with Crippen molar-refractivity contribution in [2.24, 2.45) is 0 Å². The molecular weight excluding hydrogens is 326 g/mol. The van der Waals surface area contributed by atoms with Crippen molar-refractivity contribution in [3.05, 3.63) is 83.7 Å². The minimum Gasteiger partial charge on any atom is -0.305 e. The minimum absolute atomic E-state index is 0.263. The molecule has 0 radical (unpaired) electrons. The van der Waals surface area contributed by atoms with E-state index in [0.29, 0.717) is 18.1 Å². The van der Waals surface area contributed by atoms with Crippen molar-refractivity contribution in [2.45, 2.75) is 13.5 Å². The molecule has 2 aromatic heterocycles. The molecule has 0 unspecified atom stereocenters. The molecule has 128 valence electrons. The van der Waals surface area contributed by atoms with Crippen molar-refractivity contribution in [3.8, 4) is 0 Å². The number of carbonyl (C=O) groups excluding carboxylic acids is 1. The normalized spacial score (nSPS) is 10.8. The van der Waals surface area contributed by atoms with Crippen LogP contribution in [0.25, 0.3) is 11.0 Å². The molecule has 4 rings (SSSR count). The molecule has 0 bridgehead atoms. The number of anilines is 1. The second-order valence-corrected chi connectivity index (χ2v) is 6.02. The van der Waals surface area contributed by atoms with Gasteiger partial charge in [0.2, 0.25) is 5.95 Å². The van der Waals surface area contributed by atoms with Gasteiger partial charge in [-0.05, 0) is 36.2 Å². The van der Waals surface area contributed by atoms with Gasteiger partial charge in [0.05, 0.1) is 35.5 Å². The highest BCUT2D eigenvalue weighted by atomic mass is 16.1. The standard InChI is InChI=1S/C20H17N5O/c1-14-6-2-3-7-16(14)13-25-18-9-5-4-8-17(18)23-20(25)24-19(26)15-10-11-21-22-12-15/h2-12H,13H2,1H3,(H,23,24,26). The SMILES string of the molecule is Cc1ccccc1Cn1c(NC(=O)c2ccnnc2)nc2ccccc21. The zero-order valence-electron chi connectivity index (χ0n) is 14.3. The lowest BCUT2D eigenvalue weighted by atomic mass is 10.1. The average molecular weight is 343 g/mol. The zero-order valence-corrected chi connectivity index (χ0v) is 14.3. The van der Waals surface area contributed by atoms with Crippen molar-refractivity contribution in [3.63, 3.8) is 0 Å². The average Bonchev–Trinajstić information content (AvgIpc) is 3.01. The van der Waals surface area contributed by atoms with Gasteiger partial charge in [0.1, 0.15) is 0 Å². The van der Waals surface area contributed by atoms with E-state index in [1.54, 1.807) is 6.07 Å². The highest BCUT2D eigenvalue weighted by Crippen LogP contribution is 2.22. The quantitative estimate of drug-likeness (QED) is 0.616. The molecule has 1 N–H and O–H groups in total. The molecule has 0 fully saturated rings. The van der Waals surface area contributed by atoms with Gasteiger partial charge >= 0.3 is 0 Å². The Morgan fingerprint density at radius 3 is 2.65 bits per heavy atom. The predicted octanol–water partition coefficient (Wildman–Crippen LogP) is 3.44. The lowest BCUT2D eigenvalue weighted by Gasteiger charge is -2.12. The van der Waals surface area contributed by atoms with Crippen molar-refractivity contribution in [2.75, 3.05) is 5.32 Å². The molecule has 1 amide bonds. The largest absolute Gasteiger partial charge is 0.305 e. The summed E-state index contributed by atoms with van der Waals surface area (Å²) in [5.41, 5.74) is 4.62.